The molecule has 2 rings (SSSR count). The van der Waals surface area contributed by atoms with E-state index in [1.807, 2.05) is 6.20 Å². The molecule has 0 bridgehead atoms. The van der Waals surface area contributed by atoms with Crippen LogP contribution in [0.2, 0.25) is 0 Å². The summed E-state index contributed by atoms with van der Waals surface area (Å²) in [4.78, 5) is 6.64. The molecule has 102 valence electrons. The lowest BCUT2D eigenvalue weighted by atomic mass is 9.88. The van der Waals surface area contributed by atoms with E-state index >= 15 is 0 Å². The van der Waals surface area contributed by atoms with Gasteiger partial charge in [0.25, 0.3) is 0 Å². The van der Waals surface area contributed by atoms with Crippen LogP contribution in [0.1, 0.15) is 43.0 Å². The SMILES string of the molecule is CN(C)CCCOC1CCC(c2nccs2)CC1. The maximum atomic E-state index is 5.96. The van der Waals surface area contributed by atoms with Crippen LogP contribution in [0.4, 0.5) is 0 Å². The van der Waals surface area contributed by atoms with E-state index in [1.54, 1.807) is 11.3 Å². The summed E-state index contributed by atoms with van der Waals surface area (Å²) >= 11 is 1.80. The summed E-state index contributed by atoms with van der Waals surface area (Å²) in [6, 6.07) is 0. The standard InChI is InChI=1S/C14H24N2OS/c1-16(2)9-3-10-17-13-6-4-12(5-7-13)14-15-8-11-18-14/h8,11-13H,3-7,9-10H2,1-2H3. The molecule has 0 aliphatic heterocycles. The van der Waals surface area contributed by atoms with Crippen molar-refractivity contribution in [3.8, 4) is 0 Å². The summed E-state index contributed by atoms with van der Waals surface area (Å²) in [6.07, 6.45) is 8.43. The minimum Gasteiger partial charge on any atom is -0.378 e. The number of hydrogen-bond donors (Lipinski definition) is 0. The largest absolute Gasteiger partial charge is 0.378 e. The molecular weight excluding hydrogens is 244 g/mol. The van der Waals surface area contributed by atoms with E-state index in [0.717, 1.165) is 19.6 Å². The quantitative estimate of drug-likeness (QED) is 0.741. The van der Waals surface area contributed by atoms with Crippen LogP contribution in [0.25, 0.3) is 0 Å². The lowest BCUT2D eigenvalue weighted by Gasteiger charge is -2.27. The third-order valence-corrected chi connectivity index (χ3v) is 4.52. The molecule has 1 aliphatic rings. The first kappa shape index (κ1) is 14.0. The van der Waals surface area contributed by atoms with Crippen molar-refractivity contribution in [2.75, 3.05) is 27.2 Å². The fourth-order valence-electron chi connectivity index (χ4n) is 2.54. The molecule has 1 fully saturated rings. The fraction of sp³-hybridized carbons (Fsp3) is 0.786. The van der Waals surface area contributed by atoms with Crippen molar-refractivity contribution in [1.82, 2.24) is 9.88 Å². The van der Waals surface area contributed by atoms with Gasteiger partial charge in [-0.25, -0.2) is 4.98 Å². The van der Waals surface area contributed by atoms with E-state index in [2.05, 4.69) is 29.4 Å². The van der Waals surface area contributed by atoms with Crippen LogP contribution >= 0.6 is 11.3 Å². The fourth-order valence-corrected chi connectivity index (χ4v) is 3.35. The molecule has 0 N–H and O–H groups in total. The Labute approximate surface area is 114 Å². The zero-order valence-electron chi connectivity index (χ0n) is 11.5. The number of thiazole rings is 1. The highest BCUT2D eigenvalue weighted by Crippen LogP contribution is 2.34. The molecule has 0 unspecified atom stereocenters. The van der Waals surface area contributed by atoms with Gasteiger partial charge >= 0.3 is 0 Å². The first-order chi connectivity index (χ1) is 8.75. The minimum absolute atomic E-state index is 0.489. The summed E-state index contributed by atoms with van der Waals surface area (Å²) in [5.74, 6) is 0.687. The number of hydrogen-bond acceptors (Lipinski definition) is 4. The third-order valence-electron chi connectivity index (χ3n) is 3.58. The van der Waals surface area contributed by atoms with Crippen molar-refractivity contribution in [1.29, 1.82) is 0 Å². The second kappa shape index (κ2) is 7.22. The first-order valence-electron chi connectivity index (χ1n) is 6.91. The highest BCUT2D eigenvalue weighted by molar-refractivity contribution is 7.09. The van der Waals surface area contributed by atoms with Crippen LogP contribution in [-0.2, 0) is 4.74 Å². The molecule has 0 saturated heterocycles. The molecule has 3 nitrogen and oxygen atoms in total. The van der Waals surface area contributed by atoms with Gasteiger partial charge < -0.3 is 9.64 Å². The zero-order valence-corrected chi connectivity index (χ0v) is 12.3. The van der Waals surface area contributed by atoms with Gasteiger partial charge in [-0.2, -0.15) is 0 Å². The predicted molar refractivity (Wildman–Crippen MR) is 76.2 cm³/mol. The van der Waals surface area contributed by atoms with Gasteiger partial charge in [-0.1, -0.05) is 0 Å². The molecule has 0 aromatic carbocycles. The topological polar surface area (TPSA) is 25.4 Å². The number of aromatic nitrogens is 1. The Bertz CT molecular complexity index is 319. The van der Waals surface area contributed by atoms with E-state index in [0.29, 0.717) is 12.0 Å². The van der Waals surface area contributed by atoms with E-state index in [1.165, 1.54) is 30.7 Å². The highest BCUT2D eigenvalue weighted by atomic mass is 32.1. The molecule has 0 amide bonds. The van der Waals surface area contributed by atoms with Gasteiger partial charge in [-0.3, -0.25) is 0 Å². The lowest BCUT2D eigenvalue weighted by molar-refractivity contribution is 0.0213. The molecule has 1 heterocycles. The van der Waals surface area contributed by atoms with Gasteiger partial charge in [-0.05, 0) is 52.7 Å². The van der Waals surface area contributed by atoms with Crippen LogP contribution in [0, 0.1) is 0 Å². The summed E-state index contributed by atoms with van der Waals surface area (Å²) in [5.41, 5.74) is 0. The lowest BCUT2D eigenvalue weighted by Crippen LogP contribution is -2.22. The smallest absolute Gasteiger partial charge is 0.0955 e. The number of ether oxygens (including phenoxy) is 1. The molecule has 0 atom stereocenters. The molecule has 0 radical (unpaired) electrons. The second-order valence-electron chi connectivity index (χ2n) is 5.37. The third kappa shape index (κ3) is 4.34. The van der Waals surface area contributed by atoms with E-state index in [-0.39, 0.29) is 0 Å². The van der Waals surface area contributed by atoms with Crippen LogP contribution in [-0.4, -0.2) is 43.2 Å². The van der Waals surface area contributed by atoms with Crippen molar-refractivity contribution in [3.63, 3.8) is 0 Å². The van der Waals surface area contributed by atoms with Crippen molar-refractivity contribution >= 4 is 11.3 Å². The van der Waals surface area contributed by atoms with Crippen LogP contribution < -0.4 is 0 Å². The van der Waals surface area contributed by atoms with Crippen molar-refractivity contribution in [2.45, 2.75) is 44.1 Å². The minimum atomic E-state index is 0.489. The van der Waals surface area contributed by atoms with Crippen molar-refractivity contribution in [3.05, 3.63) is 16.6 Å². The molecule has 4 heteroatoms. The van der Waals surface area contributed by atoms with Gasteiger partial charge in [0.05, 0.1) is 11.1 Å². The van der Waals surface area contributed by atoms with Crippen LogP contribution in [0.5, 0.6) is 0 Å². The summed E-state index contributed by atoms with van der Waals surface area (Å²) < 4.78 is 5.96. The van der Waals surface area contributed by atoms with Crippen molar-refractivity contribution in [2.24, 2.45) is 0 Å². The van der Waals surface area contributed by atoms with Crippen LogP contribution in [0.3, 0.4) is 0 Å². The van der Waals surface area contributed by atoms with E-state index in [4.69, 9.17) is 4.74 Å². The van der Waals surface area contributed by atoms with Crippen molar-refractivity contribution < 1.29 is 4.74 Å². The van der Waals surface area contributed by atoms with Gasteiger partial charge in [-0.15, -0.1) is 11.3 Å². The Morgan fingerprint density at radius 1 is 1.33 bits per heavy atom. The zero-order chi connectivity index (χ0) is 12.8. The molecule has 18 heavy (non-hydrogen) atoms. The maximum absolute atomic E-state index is 5.96. The van der Waals surface area contributed by atoms with Gasteiger partial charge in [0.2, 0.25) is 0 Å². The summed E-state index contributed by atoms with van der Waals surface area (Å²) in [7, 11) is 4.22. The molecular formula is C14H24N2OS. The van der Waals surface area contributed by atoms with E-state index < -0.39 is 0 Å². The average molecular weight is 268 g/mol. The number of rotatable bonds is 6. The molecule has 1 aromatic rings. The number of nitrogens with zero attached hydrogens (tertiary/aromatic N) is 2. The monoisotopic (exact) mass is 268 g/mol. The van der Waals surface area contributed by atoms with Gasteiger partial charge in [0, 0.05) is 24.1 Å². The first-order valence-corrected chi connectivity index (χ1v) is 7.79. The summed E-state index contributed by atoms with van der Waals surface area (Å²) in [5, 5.41) is 3.40. The van der Waals surface area contributed by atoms with Crippen LogP contribution in [0.15, 0.2) is 11.6 Å². The Morgan fingerprint density at radius 2 is 2.11 bits per heavy atom. The normalized spacial score (nSPS) is 24.6. The Kier molecular flexibility index (Phi) is 5.60. The molecule has 0 spiro atoms. The van der Waals surface area contributed by atoms with Gasteiger partial charge in [0.1, 0.15) is 0 Å². The maximum Gasteiger partial charge on any atom is 0.0955 e. The highest BCUT2D eigenvalue weighted by Gasteiger charge is 2.24. The Hall–Kier alpha value is -0.450. The molecule has 1 aromatic heterocycles. The summed E-state index contributed by atoms with van der Waals surface area (Å²) in [6.45, 7) is 2.03. The average Bonchev–Trinajstić information content (AvgIpc) is 2.89. The molecule has 1 aliphatic carbocycles. The predicted octanol–water partition coefficient (Wildman–Crippen LogP) is 3.14. The Balaban J connectivity index is 1.62. The Morgan fingerprint density at radius 3 is 2.72 bits per heavy atom. The van der Waals surface area contributed by atoms with E-state index in [9.17, 15) is 0 Å². The molecule has 1 saturated carbocycles. The second-order valence-corrected chi connectivity index (χ2v) is 6.30. The van der Waals surface area contributed by atoms with Gasteiger partial charge in [0.15, 0.2) is 0 Å².